The van der Waals surface area contributed by atoms with Gasteiger partial charge in [-0.05, 0) is 41.5 Å². The molecule has 0 fully saturated rings. The van der Waals surface area contributed by atoms with Crippen LogP contribution in [0.4, 0.5) is 5.69 Å². The molecule has 0 saturated carbocycles. The van der Waals surface area contributed by atoms with Gasteiger partial charge in [-0.1, -0.05) is 12.1 Å². The lowest BCUT2D eigenvalue weighted by Crippen LogP contribution is -2.36. The third-order valence-electron chi connectivity index (χ3n) is 4.00. The molecule has 2 aliphatic rings. The van der Waals surface area contributed by atoms with E-state index in [1.807, 2.05) is 41.4 Å². The van der Waals surface area contributed by atoms with Gasteiger partial charge in [0.1, 0.15) is 5.84 Å². The lowest BCUT2D eigenvalue weighted by Gasteiger charge is -2.31. The smallest absolute Gasteiger partial charge is 0.252 e. The number of hydrogen-bond acceptors (Lipinski definition) is 4. The Morgan fingerprint density at radius 2 is 2.00 bits per heavy atom. The molecule has 1 aromatic heterocycles. The number of nitrogens with zero attached hydrogens (tertiary/aromatic N) is 3. The summed E-state index contributed by atoms with van der Waals surface area (Å²) in [5.41, 5.74) is 10.1. The molecule has 0 bridgehead atoms. The number of fused-ring (bicyclic) bond motifs is 2. The fraction of sp³-hybridized carbons (Fsp3) is 0.0556. The van der Waals surface area contributed by atoms with E-state index in [4.69, 9.17) is 5.73 Å². The number of primary amides is 1. The molecule has 0 aliphatic carbocycles. The molecule has 1 amide bonds. The molecule has 2 aliphatic heterocycles. The second-order valence-electron chi connectivity index (χ2n) is 5.39. The monoisotopic (exact) mass is 302 g/mol. The van der Waals surface area contributed by atoms with E-state index in [1.165, 1.54) is 0 Å². The predicted octanol–water partition coefficient (Wildman–Crippen LogP) is 2.53. The molecule has 2 aromatic rings. The van der Waals surface area contributed by atoms with E-state index in [9.17, 15) is 4.79 Å². The largest absolute Gasteiger partial charge is 0.365 e. The van der Waals surface area contributed by atoms with Crippen LogP contribution in [0.3, 0.4) is 0 Å². The maximum absolute atomic E-state index is 11.6. The summed E-state index contributed by atoms with van der Waals surface area (Å²) in [5.74, 6) is 0.145. The summed E-state index contributed by atoms with van der Waals surface area (Å²) in [6.07, 6.45) is 8.99. The third-order valence-corrected chi connectivity index (χ3v) is 4.00. The zero-order valence-electron chi connectivity index (χ0n) is 12.3. The van der Waals surface area contributed by atoms with Crippen molar-refractivity contribution in [2.45, 2.75) is 6.54 Å². The highest BCUT2D eigenvalue weighted by atomic mass is 16.1. The van der Waals surface area contributed by atoms with E-state index in [0.29, 0.717) is 18.0 Å². The van der Waals surface area contributed by atoms with Crippen LogP contribution in [-0.4, -0.2) is 21.6 Å². The molecule has 2 N–H and O–H groups in total. The number of rotatable bonds is 2. The van der Waals surface area contributed by atoms with E-state index >= 15 is 0 Å². The van der Waals surface area contributed by atoms with Crippen LogP contribution < -0.4 is 5.73 Å². The zero-order chi connectivity index (χ0) is 15.8. The van der Waals surface area contributed by atoms with E-state index in [0.717, 1.165) is 22.4 Å². The summed E-state index contributed by atoms with van der Waals surface area (Å²) in [7, 11) is 0. The van der Waals surface area contributed by atoms with Gasteiger partial charge in [-0.25, -0.2) is 4.99 Å². The number of pyridine rings is 1. The number of aromatic nitrogens is 1. The Bertz CT molecular complexity index is 881. The molecule has 5 nitrogen and oxygen atoms in total. The topological polar surface area (TPSA) is 71.6 Å². The van der Waals surface area contributed by atoms with Gasteiger partial charge in [-0.15, -0.1) is 0 Å². The Balaban J connectivity index is 1.87. The second kappa shape index (κ2) is 5.21. The average Bonchev–Trinajstić information content (AvgIpc) is 2.59. The molecule has 0 atom stereocenters. The van der Waals surface area contributed by atoms with Gasteiger partial charge >= 0.3 is 0 Å². The van der Waals surface area contributed by atoms with Crippen LogP contribution in [0.5, 0.6) is 0 Å². The van der Waals surface area contributed by atoms with Gasteiger partial charge in [-0.2, -0.15) is 0 Å². The first-order valence-corrected chi connectivity index (χ1v) is 7.30. The molecule has 0 spiro atoms. The third kappa shape index (κ3) is 2.23. The van der Waals surface area contributed by atoms with Crippen molar-refractivity contribution < 1.29 is 4.79 Å². The number of allylic oxidation sites excluding steroid dienone is 2. The molecular formula is C18H14N4O. The SMILES string of the molecule is NC(=O)C1=CC=CN2Cc3c(cccc3-c3ccncc3)N=C12. The van der Waals surface area contributed by atoms with E-state index in [2.05, 4.69) is 16.0 Å². The van der Waals surface area contributed by atoms with Crippen molar-refractivity contribution in [1.82, 2.24) is 9.88 Å². The Kier molecular flexibility index (Phi) is 3.05. The first kappa shape index (κ1) is 13.5. The summed E-state index contributed by atoms with van der Waals surface area (Å²) in [6, 6.07) is 9.97. The van der Waals surface area contributed by atoms with E-state index < -0.39 is 5.91 Å². The Labute approximate surface area is 133 Å². The highest BCUT2D eigenvalue weighted by Crippen LogP contribution is 2.36. The Morgan fingerprint density at radius 1 is 1.17 bits per heavy atom. The highest BCUT2D eigenvalue weighted by molar-refractivity contribution is 6.22. The van der Waals surface area contributed by atoms with Gasteiger partial charge in [0.2, 0.25) is 0 Å². The van der Waals surface area contributed by atoms with Crippen LogP contribution in [0, 0.1) is 0 Å². The first-order chi connectivity index (χ1) is 11.2. The number of amidine groups is 1. The van der Waals surface area contributed by atoms with Crippen molar-refractivity contribution in [2.75, 3.05) is 0 Å². The van der Waals surface area contributed by atoms with Crippen molar-refractivity contribution in [3.8, 4) is 11.1 Å². The van der Waals surface area contributed by atoms with Gasteiger partial charge in [-0.3, -0.25) is 9.78 Å². The van der Waals surface area contributed by atoms with Gasteiger partial charge in [0.15, 0.2) is 0 Å². The summed E-state index contributed by atoms with van der Waals surface area (Å²) in [6.45, 7) is 0.647. The average molecular weight is 302 g/mol. The summed E-state index contributed by atoms with van der Waals surface area (Å²) < 4.78 is 0. The van der Waals surface area contributed by atoms with Crippen molar-refractivity contribution in [1.29, 1.82) is 0 Å². The Hall–Kier alpha value is -3.21. The summed E-state index contributed by atoms with van der Waals surface area (Å²) in [4.78, 5) is 22.3. The van der Waals surface area contributed by atoms with Crippen LogP contribution in [-0.2, 0) is 11.3 Å². The van der Waals surface area contributed by atoms with Gasteiger partial charge in [0.05, 0.1) is 17.8 Å². The first-order valence-electron chi connectivity index (χ1n) is 7.30. The van der Waals surface area contributed by atoms with Gasteiger partial charge in [0, 0.05) is 24.2 Å². The number of amides is 1. The summed E-state index contributed by atoms with van der Waals surface area (Å²) >= 11 is 0. The van der Waals surface area contributed by atoms with Crippen LogP contribution in [0.25, 0.3) is 11.1 Å². The number of carbonyl (C=O) groups is 1. The normalized spacial score (nSPS) is 15.4. The molecule has 0 saturated heterocycles. The van der Waals surface area contributed by atoms with E-state index in [-0.39, 0.29) is 0 Å². The van der Waals surface area contributed by atoms with E-state index in [1.54, 1.807) is 18.5 Å². The maximum Gasteiger partial charge on any atom is 0.252 e. The number of hydrogen-bond donors (Lipinski definition) is 1. The zero-order valence-corrected chi connectivity index (χ0v) is 12.3. The molecule has 1 aromatic carbocycles. The van der Waals surface area contributed by atoms with Crippen LogP contribution in [0.2, 0.25) is 0 Å². The quantitative estimate of drug-likeness (QED) is 0.926. The van der Waals surface area contributed by atoms with Crippen molar-refractivity contribution >= 4 is 17.4 Å². The van der Waals surface area contributed by atoms with Crippen molar-refractivity contribution in [3.63, 3.8) is 0 Å². The minimum Gasteiger partial charge on any atom is -0.365 e. The summed E-state index contributed by atoms with van der Waals surface area (Å²) in [5, 5.41) is 0. The van der Waals surface area contributed by atoms with Crippen molar-refractivity contribution in [3.05, 3.63) is 72.2 Å². The molecule has 23 heavy (non-hydrogen) atoms. The maximum atomic E-state index is 11.6. The molecule has 0 unspecified atom stereocenters. The second-order valence-corrected chi connectivity index (χ2v) is 5.39. The fourth-order valence-electron chi connectivity index (χ4n) is 2.92. The van der Waals surface area contributed by atoms with Crippen molar-refractivity contribution in [2.24, 2.45) is 10.7 Å². The van der Waals surface area contributed by atoms with Gasteiger partial charge in [0.25, 0.3) is 5.91 Å². The number of carbonyl (C=O) groups excluding carboxylic acids is 1. The molecule has 4 rings (SSSR count). The highest BCUT2D eigenvalue weighted by Gasteiger charge is 2.27. The minimum atomic E-state index is -0.466. The van der Waals surface area contributed by atoms with Crippen LogP contribution in [0.1, 0.15) is 5.56 Å². The molecular weight excluding hydrogens is 288 g/mol. The number of aliphatic imine (C=N–C) groups is 1. The molecule has 112 valence electrons. The predicted molar refractivity (Wildman–Crippen MR) is 88.7 cm³/mol. The lowest BCUT2D eigenvalue weighted by atomic mass is 9.96. The Morgan fingerprint density at radius 3 is 2.78 bits per heavy atom. The molecule has 3 heterocycles. The fourth-order valence-corrected chi connectivity index (χ4v) is 2.92. The number of nitrogens with two attached hydrogens (primary N) is 1. The number of benzene rings is 1. The lowest BCUT2D eigenvalue weighted by molar-refractivity contribution is -0.114. The minimum absolute atomic E-state index is 0.437. The van der Waals surface area contributed by atoms with Crippen LogP contribution >= 0.6 is 0 Å². The standard InChI is InChI=1S/C18H14N4O/c19-17(23)14-4-2-10-22-11-15-13(12-6-8-20-9-7-12)3-1-5-16(15)21-18(14)22/h1-10H,11H2,(H2,19,23). The molecule has 0 radical (unpaired) electrons. The van der Waals surface area contributed by atoms with Crippen LogP contribution in [0.15, 0.2) is 71.6 Å². The van der Waals surface area contributed by atoms with Gasteiger partial charge < -0.3 is 10.6 Å². The molecule has 5 heteroatoms.